The number of nitrogens with one attached hydrogen (secondary N) is 1. The summed E-state index contributed by atoms with van der Waals surface area (Å²) in [5, 5.41) is 1.10. The molecule has 0 fully saturated rings. The van der Waals surface area contributed by atoms with E-state index in [-0.39, 0.29) is 5.97 Å². The van der Waals surface area contributed by atoms with Crippen molar-refractivity contribution in [3.63, 3.8) is 0 Å². The van der Waals surface area contributed by atoms with Crippen molar-refractivity contribution in [1.82, 2.24) is 4.98 Å². The molecule has 1 N–H and O–H groups in total. The molecule has 0 amide bonds. The van der Waals surface area contributed by atoms with Gasteiger partial charge in [0.2, 0.25) is 0 Å². The maximum atomic E-state index is 10.9. The van der Waals surface area contributed by atoms with Gasteiger partial charge in [0.25, 0.3) is 0 Å². The van der Waals surface area contributed by atoms with Crippen LogP contribution in [0, 0.1) is 0 Å². The second kappa shape index (κ2) is 4.00. The molecule has 0 aliphatic carbocycles. The van der Waals surface area contributed by atoms with E-state index in [1.54, 1.807) is 6.08 Å². The van der Waals surface area contributed by atoms with E-state index in [1.807, 2.05) is 30.5 Å². The minimum absolute atomic E-state index is 0.347. The molecule has 0 radical (unpaired) electrons. The van der Waals surface area contributed by atoms with Crippen LogP contribution in [0.3, 0.4) is 0 Å². The number of hydrogen-bond donors (Lipinski definition) is 1. The molecule has 3 nitrogen and oxygen atoms in total. The molecule has 15 heavy (non-hydrogen) atoms. The summed E-state index contributed by atoms with van der Waals surface area (Å²) in [6, 6.07) is 7.92. The lowest BCUT2D eigenvalue weighted by Gasteiger charge is -1.91. The minimum Gasteiger partial charge on any atom is -0.466 e. The molecule has 1 aromatic carbocycles. The average molecular weight is 201 g/mol. The Balaban J connectivity index is 2.36. The van der Waals surface area contributed by atoms with Crippen LogP contribution in [0.1, 0.15) is 5.56 Å². The Morgan fingerprint density at radius 3 is 3.00 bits per heavy atom. The molecule has 0 aliphatic rings. The Morgan fingerprint density at radius 2 is 2.20 bits per heavy atom. The van der Waals surface area contributed by atoms with Crippen molar-refractivity contribution in [2.75, 3.05) is 7.11 Å². The van der Waals surface area contributed by atoms with E-state index in [2.05, 4.69) is 9.72 Å². The summed E-state index contributed by atoms with van der Waals surface area (Å²) >= 11 is 0. The first-order valence-electron chi connectivity index (χ1n) is 4.63. The summed E-state index contributed by atoms with van der Waals surface area (Å²) in [5.74, 6) is -0.347. The number of rotatable bonds is 2. The molecule has 0 atom stereocenters. The summed E-state index contributed by atoms with van der Waals surface area (Å²) in [6.07, 6.45) is 5.02. The van der Waals surface area contributed by atoms with Gasteiger partial charge in [0.05, 0.1) is 7.11 Å². The number of aromatic nitrogens is 1. The van der Waals surface area contributed by atoms with E-state index in [9.17, 15) is 4.79 Å². The number of benzene rings is 1. The predicted molar refractivity (Wildman–Crippen MR) is 59.3 cm³/mol. The highest BCUT2D eigenvalue weighted by Gasteiger charge is 1.99. The van der Waals surface area contributed by atoms with Crippen molar-refractivity contribution in [2.24, 2.45) is 0 Å². The Hall–Kier alpha value is -2.03. The molecule has 0 bridgehead atoms. The van der Waals surface area contributed by atoms with E-state index in [1.165, 1.54) is 13.2 Å². The number of carbonyl (C=O) groups is 1. The maximum Gasteiger partial charge on any atom is 0.330 e. The number of aromatic amines is 1. The van der Waals surface area contributed by atoms with Gasteiger partial charge in [-0.05, 0) is 12.1 Å². The molecule has 0 saturated carbocycles. The topological polar surface area (TPSA) is 42.1 Å². The van der Waals surface area contributed by atoms with E-state index in [4.69, 9.17) is 0 Å². The first-order valence-corrected chi connectivity index (χ1v) is 4.63. The standard InChI is InChI=1S/C12H11NO2/c1-15-12(14)7-6-9-8-13-11-5-3-2-4-10(9)11/h2-8,13H,1H3. The van der Waals surface area contributed by atoms with Gasteiger partial charge in [-0.25, -0.2) is 4.79 Å². The second-order valence-corrected chi connectivity index (χ2v) is 3.15. The molecule has 0 unspecified atom stereocenters. The predicted octanol–water partition coefficient (Wildman–Crippen LogP) is 2.35. The highest BCUT2D eigenvalue weighted by molar-refractivity contribution is 5.93. The van der Waals surface area contributed by atoms with Crippen LogP contribution in [0.2, 0.25) is 0 Å². The Kier molecular flexibility index (Phi) is 2.54. The molecule has 2 aromatic rings. The number of H-pyrrole nitrogens is 1. The molecule has 76 valence electrons. The van der Waals surface area contributed by atoms with Crippen molar-refractivity contribution in [2.45, 2.75) is 0 Å². The largest absolute Gasteiger partial charge is 0.466 e. The van der Waals surface area contributed by atoms with E-state index >= 15 is 0 Å². The van der Waals surface area contributed by atoms with Crippen molar-refractivity contribution in [1.29, 1.82) is 0 Å². The van der Waals surface area contributed by atoms with E-state index in [0.29, 0.717) is 0 Å². The third-order valence-corrected chi connectivity index (χ3v) is 2.22. The van der Waals surface area contributed by atoms with Crippen LogP contribution in [0.25, 0.3) is 17.0 Å². The van der Waals surface area contributed by atoms with Crippen LogP contribution in [0.5, 0.6) is 0 Å². The normalized spacial score (nSPS) is 11.0. The Morgan fingerprint density at radius 1 is 1.40 bits per heavy atom. The lowest BCUT2D eigenvalue weighted by Crippen LogP contribution is -1.92. The number of esters is 1. The van der Waals surface area contributed by atoms with Crippen molar-refractivity contribution >= 4 is 22.9 Å². The summed E-state index contributed by atoms with van der Waals surface area (Å²) in [7, 11) is 1.36. The molecule has 0 spiro atoms. The number of hydrogen-bond acceptors (Lipinski definition) is 2. The quantitative estimate of drug-likeness (QED) is 0.598. The van der Waals surface area contributed by atoms with Gasteiger partial charge in [0.1, 0.15) is 0 Å². The van der Waals surface area contributed by atoms with Gasteiger partial charge in [0, 0.05) is 28.7 Å². The molecule has 2 rings (SSSR count). The molecular formula is C12H11NO2. The van der Waals surface area contributed by atoms with Crippen molar-refractivity contribution < 1.29 is 9.53 Å². The van der Waals surface area contributed by atoms with Crippen LogP contribution >= 0.6 is 0 Å². The minimum atomic E-state index is -0.347. The Bertz CT molecular complexity index is 511. The smallest absolute Gasteiger partial charge is 0.330 e. The van der Waals surface area contributed by atoms with E-state index in [0.717, 1.165) is 16.5 Å². The summed E-state index contributed by atoms with van der Waals surface area (Å²) in [5.41, 5.74) is 2.04. The fourth-order valence-corrected chi connectivity index (χ4v) is 1.46. The van der Waals surface area contributed by atoms with Gasteiger partial charge in [-0.15, -0.1) is 0 Å². The van der Waals surface area contributed by atoms with Gasteiger partial charge in [-0.1, -0.05) is 18.2 Å². The molecule has 0 aliphatic heterocycles. The van der Waals surface area contributed by atoms with E-state index < -0.39 is 0 Å². The molecule has 0 saturated heterocycles. The molecular weight excluding hydrogens is 190 g/mol. The van der Waals surface area contributed by atoms with Gasteiger partial charge in [0.15, 0.2) is 0 Å². The fourth-order valence-electron chi connectivity index (χ4n) is 1.46. The lowest BCUT2D eigenvalue weighted by molar-refractivity contribution is -0.134. The van der Waals surface area contributed by atoms with Crippen LogP contribution in [-0.2, 0) is 9.53 Å². The first-order chi connectivity index (χ1) is 7.31. The number of fused-ring (bicyclic) bond motifs is 1. The average Bonchev–Trinajstić information content (AvgIpc) is 2.69. The molecule has 1 heterocycles. The fraction of sp³-hybridized carbons (Fsp3) is 0.0833. The zero-order chi connectivity index (χ0) is 10.7. The summed E-state index contributed by atoms with van der Waals surface area (Å²) in [6.45, 7) is 0. The van der Waals surface area contributed by atoms with Gasteiger partial charge in [-0.2, -0.15) is 0 Å². The first kappa shape index (κ1) is 9.52. The Labute approximate surface area is 87.4 Å². The third kappa shape index (κ3) is 1.91. The van der Waals surface area contributed by atoms with Crippen molar-refractivity contribution in [3.05, 3.63) is 42.1 Å². The summed E-state index contributed by atoms with van der Waals surface area (Å²) < 4.78 is 4.52. The number of ether oxygens (including phenoxy) is 1. The van der Waals surface area contributed by atoms with Gasteiger partial charge in [-0.3, -0.25) is 0 Å². The molecule has 3 heteroatoms. The lowest BCUT2D eigenvalue weighted by atomic mass is 10.1. The third-order valence-electron chi connectivity index (χ3n) is 2.22. The van der Waals surface area contributed by atoms with Crippen LogP contribution in [-0.4, -0.2) is 18.1 Å². The second-order valence-electron chi connectivity index (χ2n) is 3.15. The molecule has 1 aromatic heterocycles. The number of para-hydroxylation sites is 1. The zero-order valence-corrected chi connectivity index (χ0v) is 8.36. The SMILES string of the molecule is COC(=O)C=Cc1c[nH]c2ccccc12. The number of carbonyl (C=O) groups excluding carboxylic acids is 1. The maximum absolute atomic E-state index is 10.9. The van der Waals surface area contributed by atoms with Crippen LogP contribution < -0.4 is 0 Å². The highest BCUT2D eigenvalue weighted by Crippen LogP contribution is 2.18. The van der Waals surface area contributed by atoms with Gasteiger partial charge >= 0.3 is 5.97 Å². The monoisotopic (exact) mass is 201 g/mol. The van der Waals surface area contributed by atoms with Crippen LogP contribution in [0.15, 0.2) is 36.5 Å². The summed E-state index contributed by atoms with van der Waals surface area (Å²) in [4.78, 5) is 14.1. The highest BCUT2D eigenvalue weighted by atomic mass is 16.5. The number of methoxy groups -OCH3 is 1. The van der Waals surface area contributed by atoms with Crippen LogP contribution in [0.4, 0.5) is 0 Å². The zero-order valence-electron chi connectivity index (χ0n) is 8.36. The van der Waals surface area contributed by atoms with Crippen molar-refractivity contribution in [3.8, 4) is 0 Å². The van der Waals surface area contributed by atoms with Gasteiger partial charge < -0.3 is 9.72 Å².